The summed E-state index contributed by atoms with van der Waals surface area (Å²) in [5.74, 6) is 1.64. The molecule has 0 bridgehead atoms. The Hall–Kier alpha value is -4.33. The molecule has 0 N–H and O–H groups in total. The average Bonchev–Trinajstić information content (AvgIpc) is 3.44. The summed E-state index contributed by atoms with van der Waals surface area (Å²) >= 11 is 0. The Labute approximate surface area is 211 Å². The van der Waals surface area contributed by atoms with Crippen molar-refractivity contribution in [3.63, 3.8) is 0 Å². The summed E-state index contributed by atoms with van der Waals surface area (Å²) < 4.78 is 17.1. The Morgan fingerprint density at radius 3 is 1.50 bits per heavy atom. The molecule has 0 aliphatic carbocycles. The molecule has 0 saturated heterocycles. The van der Waals surface area contributed by atoms with Gasteiger partial charge in [-0.1, -0.05) is 0 Å². The van der Waals surface area contributed by atoms with Crippen LogP contribution in [0.3, 0.4) is 0 Å². The molecule has 7 rings (SSSR count). The Balaban J connectivity index is 1.66. The Morgan fingerprint density at radius 2 is 0.917 bits per heavy atom. The van der Waals surface area contributed by atoms with E-state index in [1.165, 1.54) is 0 Å². The first kappa shape index (κ1) is 21.0. The molecule has 0 unspecified atom stereocenters. The fraction of sp³-hybridized carbons (Fsp3) is 0. The van der Waals surface area contributed by atoms with Crippen molar-refractivity contribution in [3.8, 4) is 5.75 Å². The molecule has 0 fully saturated rings. The molecule has 36 heavy (non-hydrogen) atoms. The van der Waals surface area contributed by atoms with E-state index in [1.54, 1.807) is 0 Å². The third-order valence-electron chi connectivity index (χ3n) is 6.92. The molecular formula is C32H24NO2P. The van der Waals surface area contributed by atoms with Gasteiger partial charge < -0.3 is 0 Å². The van der Waals surface area contributed by atoms with Crippen molar-refractivity contribution in [1.82, 2.24) is 0 Å². The number of para-hydroxylation sites is 2. The van der Waals surface area contributed by atoms with Gasteiger partial charge in [-0.05, 0) is 0 Å². The first-order chi connectivity index (χ1) is 17.8. The molecule has 5 aromatic carbocycles. The van der Waals surface area contributed by atoms with Crippen LogP contribution in [0, 0.1) is 0 Å². The zero-order valence-electron chi connectivity index (χ0n) is 19.6. The van der Waals surface area contributed by atoms with Crippen LogP contribution >= 0.6 is 7.21 Å². The summed E-state index contributed by atoms with van der Waals surface area (Å²) in [4.78, 5) is 0. The van der Waals surface area contributed by atoms with Crippen LogP contribution in [0.15, 0.2) is 146 Å². The van der Waals surface area contributed by atoms with Gasteiger partial charge in [0.05, 0.1) is 0 Å². The summed E-state index contributed by atoms with van der Waals surface area (Å²) in [7, 11) is -3.97. The molecule has 3 nitrogen and oxygen atoms in total. The number of rotatable bonds is 4. The van der Waals surface area contributed by atoms with Gasteiger partial charge in [0, 0.05) is 0 Å². The summed E-state index contributed by atoms with van der Waals surface area (Å²) in [5, 5.41) is 2.04. The first-order valence-electron chi connectivity index (χ1n) is 12.1. The number of fused-ring (bicyclic) bond motifs is 3. The minimum atomic E-state index is -3.97. The normalized spacial score (nSPS) is 17.8. The quantitative estimate of drug-likeness (QED) is 0.248. The van der Waals surface area contributed by atoms with Crippen molar-refractivity contribution in [2.45, 2.75) is 0 Å². The van der Waals surface area contributed by atoms with E-state index in [2.05, 4.69) is 114 Å². The van der Waals surface area contributed by atoms with Gasteiger partial charge >= 0.3 is 211 Å². The number of nitrogens with zero attached hydrogens (tertiary/aromatic N) is 1. The van der Waals surface area contributed by atoms with Crippen LogP contribution in [0.2, 0.25) is 0 Å². The van der Waals surface area contributed by atoms with E-state index < -0.39 is 7.21 Å². The van der Waals surface area contributed by atoms with Crippen molar-refractivity contribution in [1.29, 1.82) is 0 Å². The van der Waals surface area contributed by atoms with Crippen molar-refractivity contribution < 1.29 is 9.05 Å². The van der Waals surface area contributed by atoms with Crippen LogP contribution < -0.4 is 19.8 Å². The fourth-order valence-corrected chi connectivity index (χ4v) is 10.4. The second-order valence-electron chi connectivity index (χ2n) is 8.96. The van der Waals surface area contributed by atoms with Gasteiger partial charge in [-0.3, -0.25) is 0 Å². The SMILES string of the molecule is c1ccc(C2=C(c3ccccc3)N3c4ccccc4OP3(c3ccccc3)(c3ccccc3)O2)cc1. The summed E-state index contributed by atoms with van der Waals surface area (Å²) in [6.45, 7) is 0. The zero-order valence-corrected chi connectivity index (χ0v) is 20.5. The molecule has 174 valence electrons. The maximum atomic E-state index is 7.48. The molecule has 2 aliphatic heterocycles. The zero-order chi connectivity index (χ0) is 24.0. The van der Waals surface area contributed by atoms with Crippen LogP contribution in [0.25, 0.3) is 11.5 Å². The van der Waals surface area contributed by atoms with Crippen molar-refractivity contribution in [3.05, 3.63) is 157 Å². The second-order valence-corrected chi connectivity index (χ2v) is 12.6. The summed E-state index contributed by atoms with van der Waals surface area (Å²) in [5.41, 5.74) is 4.11. The number of benzene rings is 5. The monoisotopic (exact) mass is 485 g/mol. The molecule has 4 heteroatoms. The van der Waals surface area contributed by atoms with E-state index >= 15 is 0 Å². The van der Waals surface area contributed by atoms with E-state index in [-0.39, 0.29) is 0 Å². The molecule has 0 spiro atoms. The van der Waals surface area contributed by atoms with Gasteiger partial charge in [0.2, 0.25) is 0 Å². The molecule has 0 saturated carbocycles. The van der Waals surface area contributed by atoms with Gasteiger partial charge in [-0.2, -0.15) is 0 Å². The second kappa shape index (κ2) is 7.84. The Morgan fingerprint density at radius 1 is 0.444 bits per heavy atom. The van der Waals surface area contributed by atoms with E-state index in [9.17, 15) is 0 Å². The number of hydrogen-bond acceptors (Lipinski definition) is 3. The standard InChI is InChI=1S/C32H24NO2P/c1-5-15-25(16-6-1)31-32(26-17-7-2-8-18-26)35-36(27-19-9-3-10-20-27,28-21-11-4-12-22-28)33(31)29-23-13-14-24-30(29)34-36/h1-24H. The van der Waals surface area contributed by atoms with Crippen LogP contribution in [0.5, 0.6) is 5.75 Å². The van der Waals surface area contributed by atoms with Gasteiger partial charge in [0.25, 0.3) is 0 Å². The van der Waals surface area contributed by atoms with Crippen molar-refractivity contribution in [2.75, 3.05) is 4.67 Å². The fourth-order valence-electron chi connectivity index (χ4n) is 5.40. The molecule has 0 amide bonds. The van der Waals surface area contributed by atoms with Gasteiger partial charge in [-0.25, -0.2) is 0 Å². The van der Waals surface area contributed by atoms with E-state index in [4.69, 9.17) is 9.05 Å². The van der Waals surface area contributed by atoms with Gasteiger partial charge in [0.1, 0.15) is 0 Å². The van der Waals surface area contributed by atoms with Crippen LogP contribution in [-0.2, 0) is 4.52 Å². The third-order valence-corrected chi connectivity index (χ3v) is 11.5. The van der Waals surface area contributed by atoms with E-state index in [0.717, 1.165) is 44.6 Å². The van der Waals surface area contributed by atoms with Crippen LogP contribution in [-0.4, -0.2) is 0 Å². The Kier molecular flexibility index (Phi) is 4.57. The molecule has 0 aromatic heterocycles. The first-order valence-corrected chi connectivity index (χ1v) is 14.1. The molecule has 5 aromatic rings. The molecule has 0 atom stereocenters. The minimum absolute atomic E-state index is 0.821. The Bertz CT molecular complexity index is 1550. The molecule has 2 aliphatic rings. The third kappa shape index (κ3) is 2.72. The van der Waals surface area contributed by atoms with Gasteiger partial charge in [-0.15, -0.1) is 0 Å². The average molecular weight is 486 g/mol. The van der Waals surface area contributed by atoms with Gasteiger partial charge in [0.15, 0.2) is 0 Å². The molecule has 2 heterocycles. The summed E-state index contributed by atoms with van der Waals surface area (Å²) in [6.07, 6.45) is 0. The van der Waals surface area contributed by atoms with E-state index in [0.29, 0.717) is 0 Å². The van der Waals surface area contributed by atoms with Crippen LogP contribution in [0.4, 0.5) is 5.69 Å². The molecular weight excluding hydrogens is 461 g/mol. The predicted molar refractivity (Wildman–Crippen MR) is 149 cm³/mol. The predicted octanol–water partition coefficient (Wildman–Crippen LogP) is 7.39. The summed E-state index contributed by atoms with van der Waals surface area (Å²) in [6, 6.07) is 50.0. The number of hydrogen-bond donors (Lipinski definition) is 0. The number of anilines is 1. The molecule has 0 radical (unpaired) electrons. The van der Waals surface area contributed by atoms with Crippen LogP contribution in [0.1, 0.15) is 11.1 Å². The topological polar surface area (TPSA) is 21.7 Å². The van der Waals surface area contributed by atoms with E-state index in [1.807, 2.05) is 36.4 Å². The van der Waals surface area contributed by atoms with Crippen molar-refractivity contribution >= 4 is 35.0 Å². The maximum absolute atomic E-state index is 7.48. The van der Waals surface area contributed by atoms with Crippen molar-refractivity contribution in [2.24, 2.45) is 0 Å².